The quantitative estimate of drug-likeness (QED) is 0.142. The molecule has 9 nitrogen and oxygen atoms in total. The fraction of sp³-hybridized carbons (Fsp3) is 0.545. The average molecular weight is 607 g/mol. The number of amidine groups is 1. The van der Waals surface area contributed by atoms with Crippen LogP contribution < -0.4 is 16.0 Å². The molecule has 1 aliphatic carbocycles. The fourth-order valence-electron chi connectivity index (χ4n) is 6.66. The number of piperidine rings is 1. The van der Waals surface area contributed by atoms with Gasteiger partial charge in [0.2, 0.25) is 10.0 Å². The second-order valence-electron chi connectivity index (χ2n) is 12.8. The van der Waals surface area contributed by atoms with Crippen LogP contribution in [0.3, 0.4) is 0 Å². The average Bonchev–Trinajstić information content (AvgIpc) is 2.98. The zero-order chi connectivity index (χ0) is 30.6. The van der Waals surface area contributed by atoms with Crippen LogP contribution in [0.4, 0.5) is 5.69 Å². The van der Waals surface area contributed by atoms with Gasteiger partial charge in [-0.2, -0.15) is 0 Å². The van der Waals surface area contributed by atoms with Crippen molar-refractivity contribution >= 4 is 32.6 Å². The van der Waals surface area contributed by atoms with E-state index in [1.807, 2.05) is 0 Å². The number of likely N-dealkylation sites (tertiary alicyclic amines) is 1. The van der Waals surface area contributed by atoms with Crippen molar-refractivity contribution in [2.24, 2.45) is 5.73 Å². The van der Waals surface area contributed by atoms with E-state index >= 15 is 0 Å². The Bertz CT molecular complexity index is 1630. The Morgan fingerprint density at radius 3 is 2.53 bits per heavy atom. The molecule has 3 aromatic rings. The number of nitrogens with zero attached hydrogens (tertiary/aromatic N) is 3. The molecule has 1 aliphatic heterocycles. The van der Waals surface area contributed by atoms with Gasteiger partial charge in [-0.25, -0.2) is 13.4 Å². The van der Waals surface area contributed by atoms with Crippen LogP contribution >= 0.6 is 0 Å². The molecular formula is C33H46N6O3S. The van der Waals surface area contributed by atoms with Crippen LogP contribution in [0.1, 0.15) is 90.0 Å². The lowest BCUT2D eigenvalue weighted by Crippen LogP contribution is -2.47. The monoisotopic (exact) mass is 606 g/mol. The zero-order valence-corrected chi connectivity index (χ0v) is 26.4. The first-order valence-electron chi connectivity index (χ1n) is 15.8. The molecule has 0 spiro atoms. The number of nitrogen functional groups attached to an aromatic ring is 1. The number of fused-ring (bicyclic) bond motifs is 1. The summed E-state index contributed by atoms with van der Waals surface area (Å²) in [7, 11) is -3.53. The maximum absolute atomic E-state index is 14.0. The van der Waals surface area contributed by atoms with E-state index in [-0.39, 0.29) is 16.9 Å². The summed E-state index contributed by atoms with van der Waals surface area (Å²) in [5, 5.41) is 7.44. The molecule has 1 aromatic heterocycles. The minimum atomic E-state index is -3.53. The number of sulfonamides is 1. The van der Waals surface area contributed by atoms with E-state index in [2.05, 4.69) is 23.5 Å². The topological polar surface area (TPSA) is 134 Å². The van der Waals surface area contributed by atoms with Gasteiger partial charge in [0.15, 0.2) is 0 Å². The SMILES string of the molecule is CC1(C)CCCCN1CCCCCn1c(=O)c(-c2cccc(C(=N)N)c2)nc2ccc(NS(=O)(=O)C3CCCCC3)cc21. The summed E-state index contributed by atoms with van der Waals surface area (Å²) < 4.78 is 30.9. The predicted octanol–water partition coefficient (Wildman–Crippen LogP) is 5.86. The first-order chi connectivity index (χ1) is 20.5. The molecule has 2 aliphatic rings. The van der Waals surface area contributed by atoms with Gasteiger partial charge in [-0.3, -0.25) is 19.8 Å². The number of rotatable bonds is 11. The van der Waals surface area contributed by atoms with Gasteiger partial charge < -0.3 is 10.3 Å². The van der Waals surface area contributed by atoms with Crippen LogP contribution in [-0.2, 0) is 16.6 Å². The maximum atomic E-state index is 14.0. The van der Waals surface area contributed by atoms with E-state index in [1.54, 1.807) is 47.0 Å². The maximum Gasteiger partial charge on any atom is 0.277 e. The number of hydrogen-bond donors (Lipinski definition) is 3. The van der Waals surface area contributed by atoms with Gasteiger partial charge in [-0.05, 0) is 89.7 Å². The van der Waals surface area contributed by atoms with Crippen molar-refractivity contribution in [1.82, 2.24) is 14.5 Å². The van der Waals surface area contributed by atoms with Gasteiger partial charge >= 0.3 is 0 Å². The molecule has 5 rings (SSSR count). The highest BCUT2D eigenvalue weighted by atomic mass is 32.2. The van der Waals surface area contributed by atoms with Crippen LogP contribution in [-0.4, -0.2) is 52.6 Å². The summed E-state index contributed by atoms with van der Waals surface area (Å²) in [5.41, 5.74) is 8.81. The normalized spacial score (nSPS) is 18.1. The first-order valence-corrected chi connectivity index (χ1v) is 17.4. The standard InChI is InChI=1S/C33H46N6O3S/c1-33(2)18-7-10-20-38(33)19-8-4-9-21-39-29-23-26(37-43(41,42)27-14-5-3-6-15-27)16-17-28(29)36-30(32(39)40)24-12-11-13-25(22-24)31(34)35/h11-13,16-17,22-23,27,37H,3-10,14-15,18-21H2,1-2H3,(H3,34,35). The number of hydrogen-bond acceptors (Lipinski definition) is 6. The molecular weight excluding hydrogens is 560 g/mol. The Hall–Kier alpha value is -3.24. The molecule has 43 heavy (non-hydrogen) atoms. The number of aromatic nitrogens is 2. The molecule has 0 unspecified atom stereocenters. The second kappa shape index (κ2) is 13.2. The Balaban J connectivity index is 1.43. The molecule has 0 atom stereocenters. The molecule has 1 saturated carbocycles. The molecule has 1 saturated heterocycles. The molecule has 10 heteroatoms. The minimum absolute atomic E-state index is 0.0743. The van der Waals surface area contributed by atoms with E-state index in [0.717, 1.165) is 51.6 Å². The molecule has 2 heterocycles. The lowest BCUT2D eigenvalue weighted by Gasteiger charge is -2.42. The summed E-state index contributed by atoms with van der Waals surface area (Å²) in [6.45, 7) is 7.35. The summed E-state index contributed by atoms with van der Waals surface area (Å²) in [4.78, 5) is 21.3. The minimum Gasteiger partial charge on any atom is -0.384 e. The van der Waals surface area contributed by atoms with Crippen LogP contribution in [0.2, 0.25) is 0 Å². The van der Waals surface area contributed by atoms with Crippen molar-refractivity contribution in [3.8, 4) is 11.3 Å². The molecule has 4 N–H and O–H groups in total. The third kappa shape index (κ3) is 7.29. The number of nitrogens with one attached hydrogen (secondary N) is 2. The Morgan fingerprint density at radius 2 is 1.79 bits per heavy atom. The highest BCUT2D eigenvalue weighted by Gasteiger charge is 2.29. The van der Waals surface area contributed by atoms with Crippen molar-refractivity contribution < 1.29 is 8.42 Å². The molecule has 0 radical (unpaired) electrons. The fourth-order valence-corrected chi connectivity index (χ4v) is 8.23. The third-order valence-corrected chi connectivity index (χ3v) is 11.1. The zero-order valence-electron chi connectivity index (χ0n) is 25.6. The summed E-state index contributed by atoms with van der Waals surface area (Å²) in [6, 6.07) is 12.3. The van der Waals surface area contributed by atoms with Crippen LogP contribution in [0.15, 0.2) is 47.3 Å². The molecule has 0 bridgehead atoms. The molecule has 0 amide bonds. The molecule has 2 fully saturated rings. The Morgan fingerprint density at radius 1 is 1.02 bits per heavy atom. The predicted molar refractivity (Wildman–Crippen MR) is 175 cm³/mol. The first kappa shape index (κ1) is 31.2. The Labute approximate surface area is 255 Å². The Kier molecular flexibility index (Phi) is 9.56. The van der Waals surface area contributed by atoms with Gasteiger partial charge in [0.1, 0.15) is 11.5 Å². The van der Waals surface area contributed by atoms with E-state index in [9.17, 15) is 13.2 Å². The number of nitrogens with two attached hydrogens (primary N) is 1. The lowest BCUT2D eigenvalue weighted by molar-refractivity contribution is 0.0750. The van der Waals surface area contributed by atoms with Crippen molar-refractivity contribution in [2.75, 3.05) is 17.8 Å². The molecule has 2 aromatic carbocycles. The highest BCUT2D eigenvalue weighted by Crippen LogP contribution is 2.29. The van der Waals surface area contributed by atoms with E-state index < -0.39 is 15.3 Å². The number of anilines is 1. The number of aryl methyl sites for hydroxylation is 1. The number of unbranched alkanes of at least 4 members (excludes halogenated alkanes) is 2. The van der Waals surface area contributed by atoms with Crippen molar-refractivity contribution in [1.29, 1.82) is 5.41 Å². The van der Waals surface area contributed by atoms with E-state index in [1.165, 1.54) is 19.3 Å². The van der Waals surface area contributed by atoms with Gasteiger partial charge in [0.25, 0.3) is 5.56 Å². The summed E-state index contributed by atoms with van der Waals surface area (Å²) >= 11 is 0. The number of benzene rings is 2. The van der Waals surface area contributed by atoms with Crippen LogP contribution in [0.25, 0.3) is 22.3 Å². The third-order valence-electron chi connectivity index (χ3n) is 9.28. The van der Waals surface area contributed by atoms with Gasteiger partial charge in [0, 0.05) is 23.2 Å². The van der Waals surface area contributed by atoms with Crippen molar-refractivity contribution in [3.63, 3.8) is 0 Å². The second-order valence-corrected chi connectivity index (χ2v) is 14.8. The van der Waals surface area contributed by atoms with E-state index in [4.69, 9.17) is 16.1 Å². The van der Waals surface area contributed by atoms with Gasteiger partial charge in [0.05, 0.1) is 22.0 Å². The highest BCUT2D eigenvalue weighted by molar-refractivity contribution is 7.93. The van der Waals surface area contributed by atoms with E-state index in [0.29, 0.717) is 52.9 Å². The largest absolute Gasteiger partial charge is 0.384 e. The van der Waals surface area contributed by atoms with Gasteiger partial charge in [-0.1, -0.05) is 50.3 Å². The van der Waals surface area contributed by atoms with Crippen LogP contribution in [0.5, 0.6) is 0 Å². The lowest BCUT2D eigenvalue weighted by atomic mass is 9.90. The molecule has 232 valence electrons. The van der Waals surface area contributed by atoms with Crippen molar-refractivity contribution in [2.45, 2.75) is 102 Å². The summed E-state index contributed by atoms with van der Waals surface area (Å²) in [6.07, 6.45) is 10.9. The van der Waals surface area contributed by atoms with Crippen molar-refractivity contribution in [3.05, 3.63) is 58.4 Å². The smallest absolute Gasteiger partial charge is 0.277 e. The van der Waals surface area contributed by atoms with Crippen LogP contribution in [0, 0.1) is 5.41 Å². The summed E-state index contributed by atoms with van der Waals surface area (Å²) in [5.74, 6) is -0.0743. The van der Waals surface area contributed by atoms with Gasteiger partial charge in [-0.15, -0.1) is 0 Å².